The Morgan fingerprint density at radius 2 is 1.67 bits per heavy atom. The first-order chi connectivity index (χ1) is 15.9. The second kappa shape index (κ2) is 8.12. The second-order valence-corrected chi connectivity index (χ2v) is 7.77. The Hall–Kier alpha value is -4.07. The van der Waals surface area contributed by atoms with Crippen LogP contribution in [0, 0.1) is 31.3 Å². The molecule has 5 aromatic rings. The molecule has 33 heavy (non-hydrogen) atoms. The lowest BCUT2D eigenvalue weighted by Crippen LogP contribution is -2.05. The van der Waals surface area contributed by atoms with E-state index in [9.17, 15) is 13.2 Å². The summed E-state index contributed by atoms with van der Waals surface area (Å²) in [4.78, 5) is 0. The molecule has 0 bridgehead atoms. The topological polar surface area (TPSA) is 44.4 Å². The Bertz CT molecular complexity index is 1450. The van der Waals surface area contributed by atoms with Crippen LogP contribution < -0.4 is 4.74 Å². The molecule has 0 unspecified atom stereocenters. The summed E-state index contributed by atoms with van der Waals surface area (Å²) in [6.45, 7) is 3.51. The van der Waals surface area contributed by atoms with Gasteiger partial charge in [-0.3, -0.25) is 0 Å². The van der Waals surface area contributed by atoms with Gasteiger partial charge >= 0.3 is 0 Å². The number of hydrogen-bond acceptors (Lipinski definition) is 3. The van der Waals surface area contributed by atoms with Crippen LogP contribution in [0.4, 0.5) is 13.2 Å². The van der Waals surface area contributed by atoms with E-state index >= 15 is 0 Å². The molecule has 0 saturated heterocycles. The van der Waals surface area contributed by atoms with E-state index in [1.807, 2.05) is 26.1 Å². The van der Waals surface area contributed by atoms with E-state index in [1.165, 1.54) is 30.3 Å². The monoisotopic (exact) mass is 448 g/mol. The molecule has 8 heteroatoms. The van der Waals surface area contributed by atoms with E-state index in [-0.39, 0.29) is 18.0 Å². The fourth-order valence-corrected chi connectivity index (χ4v) is 3.82. The van der Waals surface area contributed by atoms with Crippen molar-refractivity contribution in [3.05, 3.63) is 101 Å². The largest absolute Gasteiger partial charge is 0.473 e. The van der Waals surface area contributed by atoms with Gasteiger partial charge in [0.15, 0.2) is 0 Å². The number of fused-ring (bicyclic) bond motifs is 1. The predicted octanol–water partition coefficient (Wildman–Crippen LogP) is 5.80. The number of aromatic nitrogens is 4. The number of aryl methyl sites for hydroxylation is 2. The Kier molecular flexibility index (Phi) is 5.12. The summed E-state index contributed by atoms with van der Waals surface area (Å²) in [6.07, 6.45) is 3.56. The molecule has 0 aliphatic rings. The van der Waals surface area contributed by atoms with Crippen LogP contribution in [0.5, 0.6) is 5.88 Å². The molecular formula is C25H19F3N4O. The maximum atomic E-state index is 14.0. The Labute approximate surface area is 187 Å². The highest BCUT2D eigenvalue weighted by atomic mass is 19.1. The minimum Gasteiger partial charge on any atom is -0.473 e. The summed E-state index contributed by atoms with van der Waals surface area (Å²) in [5, 5.41) is 9.00. The summed E-state index contributed by atoms with van der Waals surface area (Å²) in [6, 6.07) is 13.5. The van der Waals surface area contributed by atoms with Crippen molar-refractivity contribution in [3.8, 4) is 22.7 Å². The first kappa shape index (κ1) is 20.8. The number of halogens is 3. The van der Waals surface area contributed by atoms with Crippen LogP contribution in [0.2, 0.25) is 0 Å². The third-order valence-electron chi connectivity index (χ3n) is 5.41. The molecule has 0 N–H and O–H groups in total. The molecule has 0 spiro atoms. The standard InChI is InChI=1S/C25H19F3N4O/c1-15-10-23-25(17-12-29-31(13-17)19-8-6-18(26)7-9-19)16(2)30-32(23)24(11-15)33-14-20-21(27)4-3-5-22(20)28/h3-13H,14H2,1-2H3. The van der Waals surface area contributed by atoms with E-state index in [0.717, 1.165) is 33.6 Å². The van der Waals surface area contributed by atoms with Crippen LogP contribution in [0.15, 0.2) is 67.0 Å². The molecule has 0 aliphatic carbocycles. The summed E-state index contributed by atoms with van der Waals surface area (Å²) < 4.78 is 50.4. The SMILES string of the molecule is Cc1cc(OCc2c(F)cccc2F)n2nc(C)c(-c3cnn(-c4ccc(F)cc4)c3)c2c1. The van der Waals surface area contributed by atoms with E-state index in [4.69, 9.17) is 4.74 Å². The van der Waals surface area contributed by atoms with Gasteiger partial charge in [-0.15, -0.1) is 0 Å². The van der Waals surface area contributed by atoms with Crippen molar-refractivity contribution in [1.82, 2.24) is 19.4 Å². The van der Waals surface area contributed by atoms with Gasteiger partial charge in [0.25, 0.3) is 0 Å². The highest BCUT2D eigenvalue weighted by molar-refractivity contribution is 5.82. The molecule has 0 saturated carbocycles. The molecule has 0 amide bonds. The highest BCUT2D eigenvalue weighted by Gasteiger charge is 2.18. The quantitative estimate of drug-likeness (QED) is 0.341. The van der Waals surface area contributed by atoms with Gasteiger partial charge in [0.1, 0.15) is 24.1 Å². The third kappa shape index (κ3) is 3.84. The normalized spacial score (nSPS) is 11.3. The van der Waals surface area contributed by atoms with Gasteiger partial charge in [0.2, 0.25) is 5.88 Å². The number of pyridine rings is 1. The van der Waals surface area contributed by atoms with Gasteiger partial charge in [-0.2, -0.15) is 10.2 Å². The third-order valence-corrected chi connectivity index (χ3v) is 5.41. The number of nitrogens with zero attached hydrogens (tertiary/aromatic N) is 4. The first-order valence-corrected chi connectivity index (χ1v) is 10.3. The predicted molar refractivity (Wildman–Crippen MR) is 118 cm³/mol. The van der Waals surface area contributed by atoms with E-state index < -0.39 is 11.6 Å². The van der Waals surface area contributed by atoms with Crippen LogP contribution in [0.1, 0.15) is 16.8 Å². The Balaban J connectivity index is 1.53. The van der Waals surface area contributed by atoms with Gasteiger partial charge in [-0.25, -0.2) is 22.4 Å². The summed E-state index contributed by atoms with van der Waals surface area (Å²) in [5.74, 6) is -1.27. The first-order valence-electron chi connectivity index (χ1n) is 10.3. The number of benzene rings is 2. The molecule has 3 aromatic heterocycles. The molecular weight excluding hydrogens is 429 g/mol. The Morgan fingerprint density at radius 1 is 0.939 bits per heavy atom. The van der Waals surface area contributed by atoms with Crippen molar-refractivity contribution in [2.75, 3.05) is 0 Å². The van der Waals surface area contributed by atoms with Crippen molar-refractivity contribution in [2.45, 2.75) is 20.5 Å². The van der Waals surface area contributed by atoms with Crippen molar-refractivity contribution < 1.29 is 17.9 Å². The maximum absolute atomic E-state index is 14.0. The van der Waals surface area contributed by atoms with Gasteiger partial charge in [0, 0.05) is 23.4 Å². The van der Waals surface area contributed by atoms with Gasteiger partial charge in [-0.1, -0.05) is 6.07 Å². The fourth-order valence-electron chi connectivity index (χ4n) is 3.82. The zero-order valence-electron chi connectivity index (χ0n) is 17.9. The van der Waals surface area contributed by atoms with Crippen LogP contribution in [0.25, 0.3) is 22.3 Å². The van der Waals surface area contributed by atoms with Crippen LogP contribution >= 0.6 is 0 Å². The minimum absolute atomic E-state index is 0.142. The average molecular weight is 448 g/mol. The number of hydrogen-bond donors (Lipinski definition) is 0. The van der Waals surface area contributed by atoms with E-state index in [1.54, 1.807) is 33.6 Å². The summed E-state index contributed by atoms with van der Waals surface area (Å²) >= 11 is 0. The lowest BCUT2D eigenvalue weighted by Gasteiger charge is -2.11. The van der Waals surface area contributed by atoms with Crippen molar-refractivity contribution in [1.29, 1.82) is 0 Å². The van der Waals surface area contributed by atoms with Gasteiger partial charge in [0.05, 0.1) is 28.7 Å². The molecule has 0 atom stereocenters. The van der Waals surface area contributed by atoms with Gasteiger partial charge in [-0.05, 0) is 61.9 Å². The van der Waals surface area contributed by atoms with Crippen molar-refractivity contribution in [3.63, 3.8) is 0 Å². The molecule has 0 fully saturated rings. The summed E-state index contributed by atoms with van der Waals surface area (Å²) in [7, 11) is 0. The zero-order valence-corrected chi connectivity index (χ0v) is 17.9. The van der Waals surface area contributed by atoms with Crippen LogP contribution in [0.3, 0.4) is 0 Å². The van der Waals surface area contributed by atoms with Crippen molar-refractivity contribution in [2.24, 2.45) is 0 Å². The van der Waals surface area contributed by atoms with Crippen LogP contribution in [-0.4, -0.2) is 19.4 Å². The zero-order chi connectivity index (χ0) is 23.1. The molecule has 3 heterocycles. The van der Waals surface area contributed by atoms with Gasteiger partial charge < -0.3 is 4.74 Å². The van der Waals surface area contributed by atoms with Crippen molar-refractivity contribution >= 4 is 5.52 Å². The smallest absolute Gasteiger partial charge is 0.215 e. The number of rotatable bonds is 5. The van der Waals surface area contributed by atoms with Crippen LogP contribution in [-0.2, 0) is 6.61 Å². The maximum Gasteiger partial charge on any atom is 0.215 e. The average Bonchev–Trinajstić information content (AvgIpc) is 3.38. The molecule has 166 valence electrons. The number of ether oxygens (including phenoxy) is 1. The highest BCUT2D eigenvalue weighted by Crippen LogP contribution is 2.32. The summed E-state index contributed by atoms with van der Waals surface area (Å²) in [5.41, 5.74) is 4.67. The molecule has 0 radical (unpaired) electrons. The lowest BCUT2D eigenvalue weighted by molar-refractivity contribution is 0.274. The fraction of sp³-hybridized carbons (Fsp3) is 0.120. The molecule has 5 nitrogen and oxygen atoms in total. The second-order valence-electron chi connectivity index (χ2n) is 7.77. The Morgan fingerprint density at radius 3 is 2.39 bits per heavy atom. The van der Waals surface area contributed by atoms with E-state index in [0.29, 0.717) is 5.88 Å². The lowest BCUT2D eigenvalue weighted by atomic mass is 10.1. The molecule has 0 aliphatic heterocycles. The van der Waals surface area contributed by atoms with E-state index in [2.05, 4.69) is 10.2 Å². The minimum atomic E-state index is -0.663. The molecule has 2 aromatic carbocycles. The molecule has 5 rings (SSSR count).